The number of amides is 1. The number of aryl methyl sites for hydroxylation is 1. The number of likely N-dealkylation sites (tertiary alicyclic amines) is 1. The van der Waals surface area contributed by atoms with Crippen LogP contribution in [0, 0.1) is 11.8 Å². The quantitative estimate of drug-likeness (QED) is 0.511. The molecule has 0 spiro atoms. The fourth-order valence-electron chi connectivity index (χ4n) is 6.24. The maximum atomic E-state index is 14.0. The Bertz CT molecular complexity index is 1250. The third kappa shape index (κ3) is 4.12. The van der Waals surface area contributed by atoms with Crippen LogP contribution in [0.4, 0.5) is 0 Å². The van der Waals surface area contributed by atoms with Crippen LogP contribution in [0.5, 0.6) is 11.5 Å². The van der Waals surface area contributed by atoms with E-state index in [0.29, 0.717) is 11.8 Å². The first-order valence-electron chi connectivity index (χ1n) is 13.2. The molecule has 0 saturated carbocycles. The number of hydrogen-bond donors (Lipinski definition) is 1. The topological polar surface area (TPSA) is 55.7 Å². The number of aromatic nitrogens is 1. The molecule has 6 nitrogen and oxygen atoms in total. The molecular weight excluding hydrogens is 470 g/mol. The summed E-state index contributed by atoms with van der Waals surface area (Å²) in [4.78, 5) is 17.3. The number of nitrogens with zero attached hydrogens (tertiary/aromatic N) is 2. The maximum Gasteiger partial charge on any atom is 0.270 e. The predicted molar refractivity (Wildman–Crippen MR) is 144 cm³/mol. The highest BCUT2D eigenvalue weighted by atomic mass is 32.1. The number of ether oxygens (including phenoxy) is 2. The van der Waals surface area contributed by atoms with Gasteiger partial charge in [0, 0.05) is 35.6 Å². The first kappa shape index (κ1) is 23.6. The number of methoxy groups -OCH3 is 1. The Morgan fingerprint density at radius 2 is 2.00 bits per heavy atom. The summed E-state index contributed by atoms with van der Waals surface area (Å²) in [6.45, 7) is 8.69. The first-order valence-corrected chi connectivity index (χ1v) is 14.1. The van der Waals surface area contributed by atoms with Crippen LogP contribution in [0.2, 0.25) is 0 Å². The van der Waals surface area contributed by atoms with E-state index in [0.717, 1.165) is 73.2 Å². The Labute approximate surface area is 217 Å². The summed E-state index contributed by atoms with van der Waals surface area (Å²) in [5, 5.41) is 5.67. The third-order valence-corrected chi connectivity index (χ3v) is 8.82. The molecule has 1 amide bonds. The molecule has 2 fully saturated rings. The standard InChI is InChI=1S/C29H35N3O3S/c1-18(2)35-26-14-22-19(12-25(26)34-3)8-10-32-24(13-23(28(22)32)27-7-5-11-36-27)29(33)31-16-20-6-4-9-30-15-21(20)17-31/h5,7,11-14,18,20-21,30H,4,6,8-10,15-17H2,1-3H3. The summed E-state index contributed by atoms with van der Waals surface area (Å²) in [7, 11) is 1.69. The van der Waals surface area contributed by atoms with Crippen molar-refractivity contribution in [1.82, 2.24) is 14.8 Å². The normalized spacial score (nSPS) is 21.1. The second-order valence-corrected chi connectivity index (χ2v) is 11.5. The number of hydrogen-bond acceptors (Lipinski definition) is 5. The first-order chi connectivity index (χ1) is 17.5. The Morgan fingerprint density at radius 3 is 2.78 bits per heavy atom. The largest absolute Gasteiger partial charge is 0.493 e. The fourth-order valence-corrected chi connectivity index (χ4v) is 6.98. The maximum absolute atomic E-state index is 14.0. The predicted octanol–water partition coefficient (Wildman–Crippen LogP) is 5.31. The van der Waals surface area contributed by atoms with Gasteiger partial charge in [-0.25, -0.2) is 0 Å². The highest BCUT2D eigenvalue weighted by Gasteiger charge is 2.38. The molecule has 0 bridgehead atoms. The molecule has 7 heteroatoms. The summed E-state index contributed by atoms with van der Waals surface area (Å²) >= 11 is 1.72. The molecule has 2 aromatic heterocycles. The van der Waals surface area contributed by atoms with Crippen molar-refractivity contribution >= 4 is 17.2 Å². The minimum atomic E-state index is 0.0404. The second kappa shape index (κ2) is 9.60. The average molecular weight is 506 g/mol. The summed E-state index contributed by atoms with van der Waals surface area (Å²) in [6.07, 6.45) is 3.31. The van der Waals surface area contributed by atoms with Gasteiger partial charge < -0.3 is 24.3 Å². The van der Waals surface area contributed by atoms with Crippen LogP contribution in [-0.4, -0.2) is 54.8 Å². The summed E-state index contributed by atoms with van der Waals surface area (Å²) in [5.74, 6) is 2.86. The lowest BCUT2D eigenvalue weighted by Gasteiger charge is -2.25. The highest BCUT2D eigenvalue weighted by Crippen LogP contribution is 2.45. The summed E-state index contributed by atoms with van der Waals surface area (Å²) < 4.78 is 14.1. The van der Waals surface area contributed by atoms with Crippen molar-refractivity contribution in [2.45, 2.75) is 45.8 Å². The van der Waals surface area contributed by atoms with E-state index in [9.17, 15) is 4.79 Å². The van der Waals surface area contributed by atoms with Gasteiger partial charge in [-0.1, -0.05) is 6.07 Å². The van der Waals surface area contributed by atoms with Gasteiger partial charge in [-0.3, -0.25) is 4.79 Å². The van der Waals surface area contributed by atoms with Gasteiger partial charge in [-0.05, 0) is 93.2 Å². The Balaban J connectivity index is 1.43. The molecule has 2 saturated heterocycles. The molecule has 6 rings (SSSR count). The number of nitrogens with one attached hydrogen (secondary N) is 1. The molecule has 0 aliphatic carbocycles. The van der Waals surface area contributed by atoms with E-state index in [1.807, 2.05) is 13.8 Å². The minimum Gasteiger partial charge on any atom is -0.493 e. The van der Waals surface area contributed by atoms with Gasteiger partial charge in [0.1, 0.15) is 5.69 Å². The number of carbonyl (C=O) groups is 1. The van der Waals surface area contributed by atoms with Crippen molar-refractivity contribution < 1.29 is 14.3 Å². The molecule has 2 atom stereocenters. The lowest BCUT2D eigenvalue weighted by molar-refractivity contribution is 0.0772. The van der Waals surface area contributed by atoms with Crippen LogP contribution >= 0.6 is 11.3 Å². The van der Waals surface area contributed by atoms with Gasteiger partial charge in [0.05, 0.1) is 18.9 Å². The van der Waals surface area contributed by atoms with Crippen molar-refractivity contribution in [1.29, 1.82) is 0 Å². The van der Waals surface area contributed by atoms with Crippen molar-refractivity contribution in [2.24, 2.45) is 11.8 Å². The van der Waals surface area contributed by atoms with E-state index in [1.54, 1.807) is 18.4 Å². The third-order valence-electron chi connectivity index (χ3n) is 7.91. The Kier molecular flexibility index (Phi) is 6.30. The van der Waals surface area contributed by atoms with Crippen LogP contribution in [0.25, 0.3) is 21.7 Å². The highest BCUT2D eigenvalue weighted by molar-refractivity contribution is 7.13. The van der Waals surface area contributed by atoms with Gasteiger partial charge in [-0.2, -0.15) is 0 Å². The zero-order valence-electron chi connectivity index (χ0n) is 21.4. The van der Waals surface area contributed by atoms with E-state index in [-0.39, 0.29) is 12.0 Å². The second-order valence-electron chi connectivity index (χ2n) is 10.6. The zero-order chi connectivity index (χ0) is 24.8. The molecule has 36 heavy (non-hydrogen) atoms. The number of carbonyl (C=O) groups excluding carboxylic acids is 1. The fraction of sp³-hybridized carbons (Fsp3) is 0.483. The summed E-state index contributed by atoms with van der Waals surface area (Å²) in [5.41, 5.74) is 5.43. The lowest BCUT2D eigenvalue weighted by Crippen LogP contribution is -2.33. The van der Waals surface area contributed by atoms with E-state index in [2.05, 4.69) is 50.5 Å². The van der Waals surface area contributed by atoms with E-state index in [1.165, 1.54) is 23.3 Å². The molecule has 1 N–H and O–H groups in total. The van der Waals surface area contributed by atoms with Crippen molar-refractivity contribution in [3.63, 3.8) is 0 Å². The van der Waals surface area contributed by atoms with Crippen LogP contribution < -0.4 is 14.8 Å². The smallest absolute Gasteiger partial charge is 0.270 e. The number of thiophene rings is 1. The molecule has 190 valence electrons. The molecule has 5 heterocycles. The number of benzene rings is 1. The van der Waals surface area contributed by atoms with Crippen LogP contribution in [0.15, 0.2) is 35.7 Å². The van der Waals surface area contributed by atoms with Crippen molar-refractivity contribution in [2.75, 3.05) is 33.3 Å². The number of fused-ring (bicyclic) bond motifs is 4. The van der Waals surface area contributed by atoms with Gasteiger partial charge in [0.2, 0.25) is 0 Å². The van der Waals surface area contributed by atoms with E-state index < -0.39 is 0 Å². The monoisotopic (exact) mass is 505 g/mol. The van der Waals surface area contributed by atoms with E-state index in [4.69, 9.17) is 9.47 Å². The molecule has 3 aliphatic heterocycles. The molecule has 3 aromatic rings. The SMILES string of the molecule is COc1cc2c(cc1OC(C)C)-c1c(-c3cccs3)cc(C(=O)N3CC4CCCNCC4C3)n1CC2. The average Bonchev–Trinajstić information content (AvgIpc) is 3.59. The van der Waals surface area contributed by atoms with E-state index >= 15 is 0 Å². The van der Waals surface area contributed by atoms with Gasteiger partial charge in [-0.15, -0.1) is 11.3 Å². The molecule has 3 aliphatic rings. The van der Waals surface area contributed by atoms with Crippen LogP contribution in [0.1, 0.15) is 42.7 Å². The van der Waals surface area contributed by atoms with Crippen molar-refractivity contribution in [3.8, 4) is 33.2 Å². The summed E-state index contributed by atoms with van der Waals surface area (Å²) in [6, 6.07) is 10.6. The minimum absolute atomic E-state index is 0.0404. The zero-order valence-corrected chi connectivity index (χ0v) is 22.2. The molecular formula is C29H35N3O3S. The van der Waals surface area contributed by atoms with Gasteiger partial charge in [0.25, 0.3) is 5.91 Å². The lowest BCUT2D eigenvalue weighted by atomic mass is 9.93. The Hall–Kier alpha value is -2.77. The molecule has 2 unspecified atom stereocenters. The number of rotatable bonds is 5. The van der Waals surface area contributed by atoms with Gasteiger partial charge in [0.15, 0.2) is 11.5 Å². The van der Waals surface area contributed by atoms with Crippen LogP contribution in [0.3, 0.4) is 0 Å². The molecule has 1 aromatic carbocycles. The van der Waals surface area contributed by atoms with Gasteiger partial charge >= 0.3 is 0 Å². The van der Waals surface area contributed by atoms with Crippen LogP contribution in [-0.2, 0) is 13.0 Å². The molecule has 0 radical (unpaired) electrons. The Morgan fingerprint density at radius 1 is 1.14 bits per heavy atom. The van der Waals surface area contributed by atoms with Crippen molar-refractivity contribution in [3.05, 3.63) is 47.0 Å².